The summed E-state index contributed by atoms with van der Waals surface area (Å²) in [5, 5.41) is 30.8. The van der Waals surface area contributed by atoms with Gasteiger partial charge in [-0.2, -0.15) is 0 Å². The molecule has 3 aromatic rings. The second-order valence-corrected chi connectivity index (χ2v) is 20.0. The zero-order valence-electron chi connectivity index (χ0n) is 41.8. The van der Waals surface area contributed by atoms with Gasteiger partial charge in [-0.25, -0.2) is 14.6 Å². The number of unbranched alkanes of at least 4 members (excludes halogenated alkanes) is 15. The molecule has 1 aromatic carbocycles. The van der Waals surface area contributed by atoms with Crippen LogP contribution in [0.1, 0.15) is 171 Å². The fourth-order valence-electron chi connectivity index (χ4n) is 10.9. The minimum atomic E-state index is -1.91. The highest BCUT2D eigenvalue weighted by Crippen LogP contribution is 2.41. The maximum absolute atomic E-state index is 13.7. The van der Waals surface area contributed by atoms with Gasteiger partial charge >= 0.3 is 24.0 Å². The third-order valence-corrected chi connectivity index (χ3v) is 15.5. The zero-order valence-corrected chi connectivity index (χ0v) is 41.8. The topological polar surface area (TPSA) is 226 Å². The molecule has 0 bridgehead atoms. The van der Waals surface area contributed by atoms with E-state index in [0.717, 1.165) is 61.5 Å². The van der Waals surface area contributed by atoms with E-state index in [-0.39, 0.29) is 74.0 Å². The van der Waals surface area contributed by atoms with Gasteiger partial charge in [0.05, 0.1) is 29.0 Å². The highest BCUT2D eigenvalue weighted by Gasteiger charge is 2.49. The van der Waals surface area contributed by atoms with Crippen LogP contribution in [0.2, 0.25) is 0 Å². The number of piperidine rings is 1. The van der Waals surface area contributed by atoms with Crippen molar-refractivity contribution in [2.24, 2.45) is 5.41 Å². The number of aromatic nitrogens is 2. The Morgan fingerprint density at radius 2 is 1.18 bits per heavy atom. The van der Waals surface area contributed by atoms with Crippen LogP contribution in [-0.4, -0.2) is 115 Å². The first-order chi connectivity index (χ1) is 34.2. The maximum atomic E-state index is 13.7. The number of carboxylic acids is 2. The number of rotatable bonds is 24. The van der Waals surface area contributed by atoms with Gasteiger partial charge in [0.25, 0.3) is 5.56 Å². The van der Waals surface area contributed by atoms with Gasteiger partial charge < -0.3 is 44.1 Å². The maximum Gasteiger partial charge on any atom is 0.415 e. The Hall–Kier alpha value is -5.84. The second-order valence-electron chi connectivity index (χ2n) is 20.0. The molecule has 17 nitrogen and oxygen atoms in total. The number of ether oxygens (including phenoxy) is 2. The van der Waals surface area contributed by atoms with E-state index in [4.69, 9.17) is 14.5 Å². The van der Waals surface area contributed by atoms with Crippen LogP contribution in [-0.2, 0) is 53.9 Å². The van der Waals surface area contributed by atoms with Crippen LogP contribution >= 0.6 is 0 Å². The van der Waals surface area contributed by atoms with Crippen LogP contribution in [0.25, 0.3) is 22.3 Å². The number of cyclic esters (lactones) is 1. The number of aryl methyl sites for hydroxylation is 1. The number of fused-ring (bicyclic) bond motifs is 5. The predicted molar refractivity (Wildman–Crippen MR) is 265 cm³/mol. The largest absolute Gasteiger partial charge is 0.480 e. The van der Waals surface area contributed by atoms with Crippen LogP contribution in [0.5, 0.6) is 5.75 Å². The summed E-state index contributed by atoms with van der Waals surface area (Å²) < 4.78 is 12.7. The number of esters is 1. The quantitative estimate of drug-likeness (QED) is 0.0343. The third-order valence-electron chi connectivity index (χ3n) is 15.5. The van der Waals surface area contributed by atoms with Gasteiger partial charge in [-0.1, -0.05) is 104 Å². The number of piperazine rings is 1. The molecule has 386 valence electrons. The lowest BCUT2D eigenvalue weighted by Gasteiger charge is -2.36. The fourth-order valence-corrected chi connectivity index (χ4v) is 10.9. The number of carbonyl (C=O) groups excluding carboxylic acids is 4. The van der Waals surface area contributed by atoms with E-state index < -0.39 is 35.0 Å². The van der Waals surface area contributed by atoms with Gasteiger partial charge in [0.1, 0.15) is 12.4 Å². The van der Waals surface area contributed by atoms with Crippen molar-refractivity contribution in [3.63, 3.8) is 0 Å². The number of hydrogen-bond donors (Lipinski definition) is 3. The fraction of sp³-hybridized carbons (Fsp3) is 0.630. The van der Waals surface area contributed by atoms with Crippen molar-refractivity contribution in [1.82, 2.24) is 24.3 Å². The minimum Gasteiger partial charge on any atom is -0.480 e. The van der Waals surface area contributed by atoms with E-state index in [1.807, 2.05) is 17.9 Å². The number of nitrogens with zero attached hydrogens (tertiary/aromatic N) is 5. The average Bonchev–Trinajstić information content (AvgIpc) is 3.74. The van der Waals surface area contributed by atoms with Crippen LogP contribution < -0.4 is 10.3 Å². The molecule has 0 spiro atoms. The molecule has 2 aromatic heterocycles. The van der Waals surface area contributed by atoms with Gasteiger partial charge in [-0.15, -0.1) is 0 Å². The first kappa shape index (κ1) is 53.0. The Bertz CT molecular complexity index is 2490. The van der Waals surface area contributed by atoms with Crippen molar-refractivity contribution in [2.45, 2.75) is 174 Å². The number of aliphatic carboxylic acids is 2. The molecule has 7 rings (SSSR count). The summed E-state index contributed by atoms with van der Waals surface area (Å²) in [5.41, 5.74) is 0.220. The Balaban J connectivity index is 0.710. The first-order valence-electron chi connectivity index (χ1n) is 26.3. The summed E-state index contributed by atoms with van der Waals surface area (Å²) >= 11 is 0. The van der Waals surface area contributed by atoms with Crippen molar-refractivity contribution in [2.75, 3.05) is 39.3 Å². The molecule has 2 saturated heterocycles. The van der Waals surface area contributed by atoms with Gasteiger partial charge in [-0.05, 0) is 68.4 Å². The molecule has 0 radical (unpaired) electrons. The number of pyridine rings is 2. The summed E-state index contributed by atoms with van der Waals surface area (Å²) in [6, 6.07) is 7.02. The van der Waals surface area contributed by atoms with E-state index in [1.54, 1.807) is 39.5 Å². The molecule has 3 amide bonds. The molecule has 0 unspecified atom stereocenters. The van der Waals surface area contributed by atoms with E-state index in [1.165, 1.54) is 57.8 Å². The number of likely N-dealkylation sites (tertiary alicyclic amines) is 1. The molecule has 3 N–H and O–H groups in total. The predicted octanol–water partition coefficient (Wildman–Crippen LogP) is 8.08. The molecule has 0 aliphatic carbocycles. The molecule has 4 aliphatic rings. The molecule has 4 aliphatic heterocycles. The number of hydrogen-bond acceptors (Lipinski definition) is 11. The molecule has 0 saturated carbocycles. The number of amides is 3. The number of carbonyl (C=O) groups is 6. The molecule has 17 heteroatoms. The lowest BCUT2D eigenvalue weighted by molar-refractivity contribution is -0.172. The summed E-state index contributed by atoms with van der Waals surface area (Å²) in [6.45, 7) is 5.85. The van der Waals surface area contributed by atoms with Crippen LogP contribution in [0.4, 0.5) is 4.79 Å². The SMILES string of the molecule is CCc1c2c(nc3ccc(OC(=O)N4CCN(C(=O)CCCCCCCCCCCCCCCCCCC(=O)N5CCC(C(=O)O)(C(=O)O)CC5)CC4)cc13)-c1cc3c(c(=O)n1C2)COC(=O)[C@]3(O)CC. The molecule has 1 atom stereocenters. The van der Waals surface area contributed by atoms with Crippen LogP contribution in [0, 0.1) is 5.41 Å². The normalized spacial score (nSPS) is 18.2. The lowest BCUT2D eigenvalue weighted by Crippen LogP contribution is -2.51. The summed E-state index contributed by atoms with van der Waals surface area (Å²) in [7, 11) is 0. The molecular weight excluding hydrogens is 911 g/mol. The molecule has 6 heterocycles. The summed E-state index contributed by atoms with van der Waals surface area (Å²) in [6.07, 6.45) is 19.3. The van der Waals surface area contributed by atoms with Crippen molar-refractivity contribution in [3.8, 4) is 17.1 Å². The van der Waals surface area contributed by atoms with Crippen molar-refractivity contribution < 1.29 is 53.6 Å². The van der Waals surface area contributed by atoms with Gasteiger partial charge in [0, 0.05) is 68.6 Å². The Kier molecular flexibility index (Phi) is 17.9. The smallest absolute Gasteiger partial charge is 0.415 e. The van der Waals surface area contributed by atoms with Crippen molar-refractivity contribution >= 4 is 46.7 Å². The second kappa shape index (κ2) is 24.1. The number of carboxylic acid groups (broad SMARTS) is 2. The van der Waals surface area contributed by atoms with Gasteiger partial charge in [0.2, 0.25) is 11.8 Å². The monoisotopic (exact) mass is 984 g/mol. The van der Waals surface area contributed by atoms with Gasteiger partial charge in [0.15, 0.2) is 11.0 Å². The first-order valence-corrected chi connectivity index (χ1v) is 26.3. The van der Waals surface area contributed by atoms with Crippen molar-refractivity contribution in [1.29, 1.82) is 0 Å². The van der Waals surface area contributed by atoms with E-state index >= 15 is 0 Å². The van der Waals surface area contributed by atoms with E-state index in [0.29, 0.717) is 68.1 Å². The Morgan fingerprint density at radius 3 is 1.69 bits per heavy atom. The summed E-state index contributed by atoms with van der Waals surface area (Å²) in [5.74, 6) is -2.91. The third kappa shape index (κ3) is 11.9. The van der Waals surface area contributed by atoms with E-state index in [9.17, 15) is 48.9 Å². The number of benzene rings is 1. The highest BCUT2D eigenvalue weighted by molar-refractivity contribution is 5.98. The standard InChI is InChI=1S/C54H73N5O12/c1-3-38-39-33-37(23-24-43(39)55-47-40(38)35-59-44(47)34-42-41(48(59)62)36-70-51(67)54(42,69)4-2)71-52(68)58-31-29-57(30-32-58)46(61)22-20-18-16-14-12-10-8-6-5-7-9-11-13-15-17-19-21-45(60)56-27-25-53(26-28-56,49(63)64)50(65)66/h23-24,33-34,69H,3-22,25-32,35-36H2,1-2H3,(H,63,64)(H,65,66)/t54-/m0/s1. The molecule has 2 fully saturated rings. The van der Waals surface area contributed by atoms with Crippen LogP contribution in [0.3, 0.4) is 0 Å². The zero-order chi connectivity index (χ0) is 50.7. The van der Waals surface area contributed by atoms with Gasteiger partial charge in [-0.3, -0.25) is 24.0 Å². The number of aliphatic hydroxyl groups is 1. The van der Waals surface area contributed by atoms with Crippen molar-refractivity contribution in [3.05, 3.63) is 56.9 Å². The lowest BCUT2D eigenvalue weighted by atomic mass is 9.78. The highest BCUT2D eigenvalue weighted by atomic mass is 16.6. The Labute approximate surface area is 415 Å². The van der Waals surface area contributed by atoms with Crippen LogP contribution in [0.15, 0.2) is 29.1 Å². The minimum absolute atomic E-state index is 0.00922. The summed E-state index contributed by atoms with van der Waals surface area (Å²) in [4.78, 5) is 98.2. The molecule has 71 heavy (non-hydrogen) atoms. The molecular formula is C54H73N5O12. The van der Waals surface area contributed by atoms with E-state index in [2.05, 4.69) is 0 Å². The average molecular weight is 984 g/mol. The Morgan fingerprint density at radius 1 is 0.676 bits per heavy atom.